The molecule has 22 heavy (non-hydrogen) atoms. The van der Waals surface area contributed by atoms with Crippen molar-refractivity contribution in [3.63, 3.8) is 0 Å². The van der Waals surface area contributed by atoms with E-state index in [1.54, 1.807) is 17.5 Å². The van der Waals surface area contributed by atoms with Crippen molar-refractivity contribution in [1.29, 1.82) is 0 Å². The Balaban J connectivity index is 1.79. The first-order valence-corrected chi connectivity index (χ1v) is 8.17. The lowest BCUT2D eigenvalue weighted by Crippen LogP contribution is -2.32. The molecule has 1 aromatic carbocycles. The maximum atomic E-state index is 11.8. The first kappa shape index (κ1) is 16.5. The van der Waals surface area contributed by atoms with Gasteiger partial charge >= 0.3 is 6.03 Å². The summed E-state index contributed by atoms with van der Waals surface area (Å²) in [4.78, 5) is 16.0. The quantitative estimate of drug-likeness (QED) is 0.764. The van der Waals surface area contributed by atoms with Crippen molar-refractivity contribution in [1.82, 2.24) is 10.3 Å². The number of hydrogen-bond donors (Lipinski definition) is 3. The van der Waals surface area contributed by atoms with E-state index in [-0.39, 0.29) is 11.9 Å². The van der Waals surface area contributed by atoms with Crippen molar-refractivity contribution in [2.45, 2.75) is 26.4 Å². The molecule has 0 fully saturated rings. The summed E-state index contributed by atoms with van der Waals surface area (Å²) < 4.78 is 0. The average molecular weight is 319 g/mol. The van der Waals surface area contributed by atoms with E-state index in [0.717, 1.165) is 16.3 Å². The van der Waals surface area contributed by atoms with Crippen molar-refractivity contribution in [2.24, 2.45) is 5.92 Å². The Morgan fingerprint density at radius 3 is 2.64 bits per heavy atom. The summed E-state index contributed by atoms with van der Waals surface area (Å²) in [5.41, 5.74) is 1.75. The predicted molar refractivity (Wildman–Crippen MR) is 90.0 cm³/mol. The molecule has 0 saturated carbocycles. The molecule has 0 spiro atoms. The molecule has 0 aliphatic carbocycles. The number of aromatic nitrogens is 1. The highest BCUT2D eigenvalue weighted by Crippen LogP contribution is 2.23. The van der Waals surface area contributed by atoms with Gasteiger partial charge in [-0.3, -0.25) is 0 Å². The van der Waals surface area contributed by atoms with E-state index in [2.05, 4.69) is 15.6 Å². The van der Waals surface area contributed by atoms with Gasteiger partial charge in [-0.15, -0.1) is 11.3 Å². The summed E-state index contributed by atoms with van der Waals surface area (Å²) in [5, 5.41) is 18.1. The van der Waals surface area contributed by atoms with Crippen LogP contribution in [0.15, 0.2) is 35.8 Å². The van der Waals surface area contributed by atoms with Gasteiger partial charge in [0, 0.05) is 29.4 Å². The van der Waals surface area contributed by atoms with Crippen LogP contribution in [0.2, 0.25) is 0 Å². The zero-order chi connectivity index (χ0) is 15.9. The molecule has 2 aromatic rings. The van der Waals surface area contributed by atoms with Gasteiger partial charge in [0.15, 0.2) is 0 Å². The Morgan fingerprint density at radius 2 is 2.05 bits per heavy atom. The fourth-order valence-corrected chi connectivity index (χ4v) is 2.55. The number of amides is 2. The normalized spacial score (nSPS) is 12.2. The average Bonchev–Trinajstić information content (AvgIpc) is 3.02. The van der Waals surface area contributed by atoms with Crippen LogP contribution in [0.3, 0.4) is 0 Å². The van der Waals surface area contributed by atoms with Gasteiger partial charge in [-0.05, 0) is 36.6 Å². The van der Waals surface area contributed by atoms with Gasteiger partial charge in [0.05, 0.1) is 6.10 Å². The third-order valence-electron chi connectivity index (χ3n) is 3.32. The maximum Gasteiger partial charge on any atom is 0.319 e. The van der Waals surface area contributed by atoms with Crippen molar-refractivity contribution >= 4 is 23.1 Å². The number of urea groups is 1. The third kappa shape index (κ3) is 4.82. The van der Waals surface area contributed by atoms with E-state index in [1.807, 2.05) is 43.5 Å². The highest BCUT2D eigenvalue weighted by molar-refractivity contribution is 7.13. The van der Waals surface area contributed by atoms with Crippen LogP contribution in [-0.4, -0.2) is 28.8 Å². The number of aliphatic hydroxyl groups is 1. The Labute approximate surface area is 134 Å². The fourth-order valence-electron chi connectivity index (χ4n) is 1.90. The smallest absolute Gasteiger partial charge is 0.319 e. The number of benzene rings is 1. The number of anilines is 1. The fraction of sp³-hybridized carbons (Fsp3) is 0.375. The van der Waals surface area contributed by atoms with Gasteiger partial charge in [-0.1, -0.05) is 13.8 Å². The summed E-state index contributed by atoms with van der Waals surface area (Å²) >= 11 is 1.58. The lowest BCUT2D eigenvalue weighted by atomic mass is 10.0. The van der Waals surface area contributed by atoms with E-state index in [4.69, 9.17) is 0 Å². The highest BCUT2D eigenvalue weighted by atomic mass is 32.1. The van der Waals surface area contributed by atoms with E-state index >= 15 is 0 Å². The Bertz CT molecular complexity index is 582. The van der Waals surface area contributed by atoms with Crippen LogP contribution < -0.4 is 10.6 Å². The number of thiazole rings is 1. The van der Waals surface area contributed by atoms with Crippen LogP contribution in [0.4, 0.5) is 10.5 Å². The van der Waals surface area contributed by atoms with Crippen LogP contribution in [0.25, 0.3) is 10.6 Å². The molecule has 1 atom stereocenters. The molecular formula is C16H21N3O2S. The standard InChI is InChI=1S/C16H21N3O2S/c1-11(2)14(20)7-8-18-16(21)19-13-5-3-12(4-6-13)15-17-9-10-22-15/h3-6,9-11,14,20H,7-8H2,1-2H3,(H2,18,19,21). The zero-order valence-corrected chi connectivity index (χ0v) is 13.6. The molecule has 3 N–H and O–H groups in total. The molecule has 1 aromatic heterocycles. The Hall–Kier alpha value is -1.92. The highest BCUT2D eigenvalue weighted by Gasteiger charge is 2.09. The third-order valence-corrected chi connectivity index (χ3v) is 4.14. The summed E-state index contributed by atoms with van der Waals surface area (Å²) in [5.74, 6) is 0.197. The number of nitrogens with one attached hydrogen (secondary N) is 2. The number of aliphatic hydroxyl groups excluding tert-OH is 1. The van der Waals surface area contributed by atoms with E-state index in [0.29, 0.717) is 13.0 Å². The predicted octanol–water partition coefficient (Wildman–Crippen LogP) is 3.34. The molecule has 2 amide bonds. The van der Waals surface area contributed by atoms with Gasteiger partial charge in [-0.25, -0.2) is 9.78 Å². The lowest BCUT2D eigenvalue weighted by Gasteiger charge is -2.14. The number of nitrogens with zero attached hydrogens (tertiary/aromatic N) is 1. The minimum atomic E-state index is -0.391. The Morgan fingerprint density at radius 1 is 1.32 bits per heavy atom. The number of carbonyl (C=O) groups excluding carboxylic acids is 1. The second-order valence-electron chi connectivity index (χ2n) is 5.40. The minimum Gasteiger partial charge on any atom is -0.393 e. The number of carbonyl (C=O) groups is 1. The number of rotatable bonds is 6. The van der Waals surface area contributed by atoms with Gasteiger partial charge in [-0.2, -0.15) is 0 Å². The second-order valence-corrected chi connectivity index (χ2v) is 6.29. The topological polar surface area (TPSA) is 74.2 Å². The number of hydrogen-bond acceptors (Lipinski definition) is 4. The van der Waals surface area contributed by atoms with Crippen molar-refractivity contribution in [2.75, 3.05) is 11.9 Å². The van der Waals surface area contributed by atoms with E-state index < -0.39 is 6.10 Å². The SMILES string of the molecule is CC(C)C(O)CCNC(=O)Nc1ccc(-c2nccs2)cc1. The molecule has 0 radical (unpaired) electrons. The summed E-state index contributed by atoms with van der Waals surface area (Å²) in [6.07, 6.45) is 1.93. The van der Waals surface area contributed by atoms with Crippen LogP contribution in [-0.2, 0) is 0 Å². The van der Waals surface area contributed by atoms with Gasteiger partial charge < -0.3 is 15.7 Å². The molecule has 1 unspecified atom stereocenters. The zero-order valence-electron chi connectivity index (χ0n) is 12.7. The molecule has 6 heteroatoms. The van der Waals surface area contributed by atoms with Gasteiger partial charge in [0.1, 0.15) is 5.01 Å². The van der Waals surface area contributed by atoms with E-state index in [1.165, 1.54) is 0 Å². The first-order valence-electron chi connectivity index (χ1n) is 7.29. The molecule has 0 aliphatic heterocycles. The molecule has 2 rings (SSSR count). The monoisotopic (exact) mass is 319 g/mol. The second kappa shape index (κ2) is 7.91. The first-order chi connectivity index (χ1) is 10.6. The lowest BCUT2D eigenvalue weighted by molar-refractivity contribution is 0.117. The largest absolute Gasteiger partial charge is 0.393 e. The molecule has 0 saturated heterocycles. The molecule has 0 aliphatic rings. The van der Waals surface area contributed by atoms with Crippen LogP contribution in [0.5, 0.6) is 0 Å². The van der Waals surface area contributed by atoms with Gasteiger partial charge in [0.25, 0.3) is 0 Å². The van der Waals surface area contributed by atoms with Crippen LogP contribution in [0, 0.1) is 5.92 Å². The molecule has 0 bridgehead atoms. The van der Waals surface area contributed by atoms with E-state index in [9.17, 15) is 9.90 Å². The molecule has 118 valence electrons. The summed E-state index contributed by atoms with van der Waals surface area (Å²) in [6, 6.07) is 7.28. The maximum absolute atomic E-state index is 11.8. The van der Waals surface area contributed by atoms with Crippen molar-refractivity contribution in [3.05, 3.63) is 35.8 Å². The Kier molecular flexibility index (Phi) is 5.91. The molecular weight excluding hydrogens is 298 g/mol. The molecule has 1 heterocycles. The molecule has 5 nitrogen and oxygen atoms in total. The summed E-state index contributed by atoms with van der Waals surface area (Å²) in [6.45, 7) is 4.35. The van der Waals surface area contributed by atoms with Crippen LogP contribution >= 0.6 is 11.3 Å². The van der Waals surface area contributed by atoms with Gasteiger partial charge in [0.2, 0.25) is 0 Å². The van der Waals surface area contributed by atoms with Crippen molar-refractivity contribution in [3.8, 4) is 10.6 Å². The minimum absolute atomic E-state index is 0.197. The van der Waals surface area contributed by atoms with Crippen molar-refractivity contribution < 1.29 is 9.90 Å². The van der Waals surface area contributed by atoms with Crippen LogP contribution in [0.1, 0.15) is 20.3 Å². The summed E-state index contributed by atoms with van der Waals surface area (Å²) in [7, 11) is 0.